The van der Waals surface area contributed by atoms with Gasteiger partial charge in [0.15, 0.2) is 0 Å². The highest BCUT2D eigenvalue weighted by Gasteiger charge is 2.16. The quantitative estimate of drug-likeness (QED) is 0.487. The summed E-state index contributed by atoms with van der Waals surface area (Å²) in [6.07, 6.45) is 0. The topological polar surface area (TPSA) is 62.8 Å². The molecule has 0 spiro atoms. The molecule has 4 rings (SSSR count). The van der Waals surface area contributed by atoms with Gasteiger partial charge in [-0.2, -0.15) is 8.78 Å². The van der Waals surface area contributed by atoms with Gasteiger partial charge in [-0.05, 0) is 47.5 Å². The fraction of sp³-hybridized carbons (Fsp3) is 0.269. The van der Waals surface area contributed by atoms with Gasteiger partial charge in [-0.3, -0.25) is 10.1 Å². The smallest absolute Gasteiger partial charge is 0.387 e. The monoisotopic (exact) mass is 467 g/mol. The van der Waals surface area contributed by atoms with Gasteiger partial charge in [-0.15, -0.1) is 0 Å². The van der Waals surface area contributed by atoms with E-state index in [1.54, 1.807) is 12.1 Å². The number of hydrogen-bond acceptors (Lipinski definition) is 5. The molecule has 1 amide bonds. The molecular formula is C26H27F2N3O3. The van der Waals surface area contributed by atoms with Gasteiger partial charge in [0.1, 0.15) is 5.75 Å². The lowest BCUT2D eigenvalue weighted by Crippen LogP contribution is -2.36. The van der Waals surface area contributed by atoms with Crippen LogP contribution in [0.1, 0.15) is 17.2 Å². The summed E-state index contributed by atoms with van der Waals surface area (Å²) >= 11 is 0. The highest BCUT2D eigenvalue weighted by molar-refractivity contribution is 5.92. The number of halogens is 2. The van der Waals surface area contributed by atoms with Crippen molar-refractivity contribution in [2.45, 2.75) is 12.7 Å². The van der Waals surface area contributed by atoms with Crippen molar-refractivity contribution in [3.05, 3.63) is 90.0 Å². The second-order valence-corrected chi connectivity index (χ2v) is 7.87. The summed E-state index contributed by atoms with van der Waals surface area (Å²) in [5.41, 5.74) is 3.60. The van der Waals surface area contributed by atoms with E-state index >= 15 is 0 Å². The van der Waals surface area contributed by atoms with Crippen LogP contribution in [0.25, 0.3) is 0 Å². The summed E-state index contributed by atoms with van der Waals surface area (Å²) in [7, 11) is 0. The molecule has 1 unspecified atom stereocenters. The van der Waals surface area contributed by atoms with Crippen molar-refractivity contribution < 1.29 is 23.0 Å². The first kappa shape index (κ1) is 23.7. The van der Waals surface area contributed by atoms with Gasteiger partial charge in [0.25, 0.3) is 0 Å². The first-order valence-electron chi connectivity index (χ1n) is 11.1. The number of hydrogen-bond donors (Lipinski definition) is 2. The normalized spacial score (nSPS) is 14.6. The molecule has 2 N–H and O–H groups in total. The number of amides is 1. The SMILES string of the molecule is O=C(CNC(c1ccccc1)c1ccc(OC(F)F)cc1)Nc1ccc(N2CCOCC2)cc1. The van der Waals surface area contributed by atoms with E-state index < -0.39 is 6.61 Å². The Morgan fingerprint density at radius 1 is 0.912 bits per heavy atom. The Bertz CT molecular complexity index is 1040. The van der Waals surface area contributed by atoms with Crippen molar-refractivity contribution in [1.29, 1.82) is 0 Å². The van der Waals surface area contributed by atoms with E-state index in [9.17, 15) is 13.6 Å². The van der Waals surface area contributed by atoms with Crippen molar-refractivity contribution in [3.8, 4) is 5.75 Å². The van der Waals surface area contributed by atoms with Crippen LogP contribution < -0.4 is 20.3 Å². The number of rotatable bonds is 9. The average Bonchev–Trinajstić information content (AvgIpc) is 2.86. The molecular weight excluding hydrogens is 440 g/mol. The highest BCUT2D eigenvalue weighted by atomic mass is 19.3. The number of alkyl halides is 2. The van der Waals surface area contributed by atoms with Crippen molar-refractivity contribution >= 4 is 17.3 Å². The lowest BCUT2D eigenvalue weighted by Gasteiger charge is -2.28. The summed E-state index contributed by atoms with van der Waals surface area (Å²) < 4.78 is 34.8. The Balaban J connectivity index is 1.38. The second kappa shape index (κ2) is 11.6. The van der Waals surface area contributed by atoms with Crippen LogP contribution in [0, 0.1) is 0 Å². The van der Waals surface area contributed by atoms with E-state index in [-0.39, 0.29) is 24.2 Å². The third-order valence-electron chi connectivity index (χ3n) is 5.57. The van der Waals surface area contributed by atoms with Crippen LogP contribution in [-0.4, -0.2) is 45.4 Å². The zero-order valence-corrected chi connectivity index (χ0v) is 18.6. The maximum Gasteiger partial charge on any atom is 0.387 e. The molecule has 3 aromatic rings. The molecule has 8 heteroatoms. The van der Waals surface area contributed by atoms with Crippen LogP contribution >= 0.6 is 0 Å². The fourth-order valence-corrected chi connectivity index (χ4v) is 3.89. The molecule has 6 nitrogen and oxygen atoms in total. The van der Waals surface area contributed by atoms with E-state index in [1.807, 2.05) is 54.6 Å². The molecule has 1 atom stereocenters. The molecule has 0 radical (unpaired) electrons. The van der Waals surface area contributed by atoms with Crippen LogP contribution in [0.4, 0.5) is 20.2 Å². The molecule has 1 fully saturated rings. The standard InChI is InChI=1S/C26H27F2N3O3/c27-26(28)34-23-12-6-20(7-13-23)25(19-4-2-1-3-5-19)29-18-24(32)30-21-8-10-22(11-9-21)31-14-16-33-17-15-31/h1-13,25-26,29H,14-18H2,(H,30,32). The van der Waals surface area contributed by atoms with Crippen LogP contribution in [0.5, 0.6) is 5.75 Å². The molecule has 1 saturated heterocycles. The second-order valence-electron chi connectivity index (χ2n) is 7.87. The van der Waals surface area contributed by atoms with Crippen LogP contribution in [0.3, 0.4) is 0 Å². The predicted octanol–water partition coefficient (Wildman–Crippen LogP) is 4.44. The van der Waals surface area contributed by atoms with E-state index in [0.717, 1.165) is 29.9 Å². The number of nitrogens with one attached hydrogen (secondary N) is 2. The van der Waals surface area contributed by atoms with E-state index in [0.29, 0.717) is 18.9 Å². The minimum Gasteiger partial charge on any atom is -0.435 e. The first-order valence-corrected chi connectivity index (χ1v) is 11.1. The van der Waals surface area contributed by atoms with E-state index in [4.69, 9.17) is 4.74 Å². The molecule has 34 heavy (non-hydrogen) atoms. The molecule has 1 heterocycles. The van der Waals surface area contributed by atoms with Gasteiger partial charge in [0.2, 0.25) is 5.91 Å². The molecule has 1 aliphatic rings. The third kappa shape index (κ3) is 6.52. The molecule has 0 bridgehead atoms. The van der Waals surface area contributed by atoms with Crippen LogP contribution in [-0.2, 0) is 9.53 Å². The zero-order valence-electron chi connectivity index (χ0n) is 18.6. The summed E-state index contributed by atoms with van der Waals surface area (Å²) in [6.45, 7) is 0.335. The van der Waals surface area contributed by atoms with Crippen molar-refractivity contribution in [2.24, 2.45) is 0 Å². The number of nitrogens with zero attached hydrogens (tertiary/aromatic N) is 1. The minimum absolute atomic E-state index is 0.0695. The molecule has 0 saturated carbocycles. The van der Waals surface area contributed by atoms with Gasteiger partial charge >= 0.3 is 6.61 Å². The average molecular weight is 468 g/mol. The van der Waals surface area contributed by atoms with Gasteiger partial charge in [0, 0.05) is 24.5 Å². The Morgan fingerprint density at radius 2 is 1.56 bits per heavy atom. The van der Waals surface area contributed by atoms with Gasteiger partial charge in [-0.1, -0.05) is 42.5 Å². The number of carbonyl (C=O) groups is 1. The van der Waals surface area contributed by atoms with Gasteiger partial charge in [-0.25, -0.2) is 0 Å². The Morgan fingerprint density at radius 3 is 2.21 bits per heavy atom. The molecule has 0 aliphatic carbocycles. The van der Waals surface area contributed by atoms with E-state index in [1.165, 1.54) is 12.1 Å². The predicted molar refractivity (Wildman–Crippen MR) is 127 cm³/mol. The lowest BCUT2D eigenvalue weighted by atomic mass is 9.98. The summed E-state index contributed by atoms with van der Waals surface area (Å²) in [4.78, 5) is 14.9. The third-order valence-corrected chi connectivity index (χ3v) is 5.57. The lowest BCUT2D eigenvalue weighted by molar-refractivity contribution is -0.115. The summed E-state index contributed by atoms with van der Waals surface area (Å²) in [5, 5.41) is 6.19. The fourth-order valence-electron chi connectivity index (χ4n) is 3.89. The van der Waals surface area contributed by atoms with Crippen LogP contribution in [0.15, 0.2) is 78.9 Å². The van der Waals surface area contributed by atoms with Crippen molar-refractivity contribution in [1.82, 2.24) is 5.32 Å². The number of morpholine rings is 1. The van der Waals surface area contributed by atoms with Gasteiger partial charge < -0.3 is 19.7 Å². The van der Waals surface area contributed by atoms with Gasteiger partial charge in [0.05, 0.1) is 25.8 Å². The summed E-state index contributed by atoms with van der Waals surface area (Å²) in [5.74, 6) is -0.0958. The van der Waals surface area contributed by atoms with Crippen molar-refractivity contribution in [2.75, 3.05) is 43.1 Å². The Labute approximate surface area is 197 Å². The molecule has 1 aliphatic heterocycles. The number of anilines is 2. The number of benzene rings is 3. The Kier molecular flexibility index (Phi) is 8.06. The maximum absolute atomic E-state index is 12.6. The first-order chi connectivity index (χ1) is 16.6. The molecule has 0 aromatic heterocycles. The minimum atomic E-state index is -2.87. The van der Waals surface area contributed by atoms with Crippen LogP contribution in [0.2, 0.25) is 0 Å². The number of ether oxygens (including phenoxy) is 2. The molecule has 178 valence electrons. The molecule has 3 aromatic carbocycles. The van der Waals surface area contributed by atoms with E-state index in [2.05, 4.69) is 20.3 Å². The number of carbonyl (C=O) groups excluding carboxylic acids is 1. The zero-order chi connectivity index (χ0) is 23.8. The largest absolute Gasteiger partial charge is 0.435 e. The highest BCUT2D eigenvalue weighted by Crippen LogP contribution is 2.25. The Hall–Kier alpha value is -3.49. The van der Waals surface area contributed by atoms with Crippen molar-refractivity contribution in [3.63, 3.8) is 0 Å². The summed E-state index contributed by atoms with van der Waals surface area (Å²) in [6, 6.07) is 23.5. The maximum atomic E-state index is 12.6.